The van der Waals surface area contributed by atoms with Gasteiger partial charge in [0.25, 0.3) is 0 Å². The number of nitrogens with one attached hydrogen (secondary N) is 1. The van der Waals surface area contributed by atoms with Crippen LogP contribution in [0, 0.1) is 6.92 Å². The average molecular weight is 195 g/mol. The average Bonchev–Trinajstić information content (AvgIpc) is 2.77. The van der Waals surface area contributed by atoms with E-state index in [1.54, 1.807) is 0 Å². The van der Waals surface area contributed by atoms with E-state index >= 15 is 0 Å². The largest absolute Gasteiger partial charge is 0.359 e. The summed E-state index contributed by atoms with van der Waals surface area (Å²) in [6, 6.07) is 0.359. The molecule has 2 rings (SSSR count). The molecular formula is C10H17N3O. The molecule has 0 amide bonds. The topological polar surface area (TPSA) is 64.1 Å². The molecule has 1 aliphatic rings. The lowest BCUT2D eigenvalue weighted by molar-refractivity contribution is 0.347. The molecule has 1 aromatic rings. The summed E-state index contributed by atoms with van der Waals surface area (Å²) >= 11 is 0. The molecule has 4 nitrogen and oxygen atoms in total. The van der Waals surface area contributed by atoms with Gasteiger partial charge in [0, 0.05) is 5.56 Å². The van der Waals surface area contributed by atoms with Crippen molar-refractivity contribution in [1.82, 2.24) is 10.5 Å². The number of hydrogen-bond donors (Lipinski definition) is 2. The molecular weight excluding hydrogens is 178 g/mol. The molecule has 1 saturated heterocycles. The molecule has 0 spiro atoms. The van der Waals surface area contributed by atoms with Crippen LogP contribution in [0.15, 0.2) is 4.52 Å². The van der Waals surface area contributed by atoms with E-state index < -0.39 is 0 Å². The van der Waals surface area contributed by atoms with Crippen LogP contribution in [0.3, 0.4) is 0 Å². The third-order valence-electron chi connectivity index (χ3n) is 2.79. The van der Waals surface area contributed by atoms with Crippen LogP contribution in [0.5, 0.6) is 0 Å². The first kappa shape index (κ1) is 9.68. The van der Waals surface area contributed by atoms with E-state index in [9.17, 15) is 0 Å². The molecule has 0 radical (unpaired) electrons. The van der Waals surface area contributed by atoms with Crippen molar-refractivity contribution in [1.29, 1.82) is 0 Å². The van der Waals surface area contributed by atoms with Crippen molar-refractivity contribution >= 4 is 0 Å². The summed E-state index contributed by atoms with van der Waals surface area (Å²) in [4.78, 5) is 0. The highest BCUT2D eigenvalue weighted by molar-refractivity contribution is 5.25. The van der Waals surface area contributed by atoms with Gasteiger partial charge >= 0.3 is 0 Å². The van der Waals surface area contributed by atoms with Gasteiger partial charge in [0.1, 0.15) is 0 Å². The molecule has 0 aliphatic carbocycles. The Labute approximate surface area is 83.8 Å². The van der Waals surface area contributed by atoms with Crippen molar-refractivity contribution in [3.63, 3.8) is 0 Å². The maximum Gasteiger partial charge on any atom is 0.157 e. The molecule has 4 heteroatoms. The molecule has 3 N–H and O–H groups in total. The van der Waals surface area contributed by atoms with Gasteiger partial charge in [-0.05, 0) is 39.3 Å². The van der Waals surface area contributed by atoms with E-state index in [-0.39, 0.29) is 0 Å². The third kappa shape index (κ3) is 1.67. The number of nitrogens with zero attached hydrogens (tertiary/aromatic N) is 1. The van der Waals surface area contributed by atoms with Crippen LogP contribution in [0.2, 0.25) is 0 Å². The predicted molar refractivity (Wildman–Crippen MR) is 54.0 cm³/mol. The second-order valence-corrected chi connectivity index (χ2v) is 3.80. The van der Waals surface area contributed by atoms with Gasteiger partial charge in [0.15, 0.2) is 5.76 Å². The summed E-state index contributed by atoms with van der Waals surface area (Å²) in [7, 11) is 0. The Bertz CT molecular complexity index is 302. The lowest BCUT2D eigenvalue weighted by atomic mass is 10.0. The van der Waals surface area contributed by atoms with E-state index in [2.05, 4.69) is 10.5 Å². The standard InChI is InChI=1S/C10H17N3O/c1-7-8(4-5-11)10(14-13-7)9-3-2-6-12-9/h9,12H,2-6,11H2,1H3. The van der Waals surface area contributed by atoms with E-state index in [1.165, 1.54) is 12.0 Å². The minimum absolute atomic E-state index is 0.359. The molecule has 1 unspecified atom stereocenters. The Kier molecular flexibility index (Phi) is 2.84. The second kappa shape index (κ2) is 4.11. The summed E-state index contributed by atoms with van der Waals surface area (Å²) in [5.41, 5.74) is 7.75. The maximum atomic E-state index is 5.57. The van der Waals surface area contributed by atoms with Crippen LogP contribution < -0.4 is 11.1 Å². The van der Waals surface area contributed by atoms with Gasteiger partial charge in [-0.1, -0.05) is 5.16 Å². The molecule has 14 heavy (non-hydrogen) atoms. The van der Waals surface area contributed by atoms with Crippen molar-refractivity contribution in [2.45, 2.75) is 32.2 Å². The van der Waals surface area contributed by atoms with Crippen LogP contribution in [0.1, 0.15) is 35.9 Å². The summed E-state index contributed by atoms with van der Waals surface area (Å²) in [5.74, 6) is 1.01. The zero-order valence-corrected chi connectivity index (χ0v) is 8.55. The minimum atomic E-state index is 0.359. The van der Waals surface area contributed by atoms with Crippen LogP contribution in [-0.2, 0) is 6.42 Å². The van der Waals surface area contributed by atoms with Gasteiger partial charge in [-0.25, -0.2) is 0 Å². The van der Waals surface area contributed by atoms with Crippen LogP contribution in [-0.4, -0.2) is 18.2 Å². The molecule has 0 bridgehead atoms. The number of aryl methyl sites for hydroxylation is 1. The third-order valence-corrected chi connectivity index (χ3v) is 2.79. The zero-order chi connectivity index (χ0) is 9.97. The molecule has 2 heterocycles. The van der Waals surface area contributed by atoms with E-state index in [4.69, 9.17) is 10.3 Å². The second-order valence-electron chi connectivity index (χ2n) is 3.80. The molecule has 1 fully saturated rings. The summed E-state index contributed by atoms with van der Waals surface area (Å²) in [5, 5.41) is 7.42. The Hall–Kier alpha value is -0.870. The Morgan fingerprint density at radius 3 is 3.14 bits per heavy atom. The monoisotopic (exact) mass is 195 g/mol. The Morgan fingerprint density at radius 2 is 2.50 bits per heavy atom. The van der Waals surface area contributed by atoms with Gasteiger partial charge in [-0.3, -0.25) is 0 Å². The van der Waals surface area contributed by atoms with E-state index in [1.807, 2.05) is 6.92 Å². The molecule has 0 aromatic carbocycles. The summed E-state index contributed by atoms with van der Waals surface area (Å²) in [6.45, 7) is 3.71. The fourth-order valence-electron chi connectivity index (χ4n) is 2.04. The number of hydrogen-bond acceptors (Lipinski definition) is 4. The summed E-state index contributed by atoms with van der Waals surface area (Å²) in [6.07, 6.45) is 3.22. The lowest BCUT2D eigenvalue weighted by Gasteiger charge is -2.07. The van der Waals surface area contributed by atoms with Crippen LogP contribution in [0.4, 0.5) is 0 Å². The van der Waals surface area contributed by atoms with Gasteiger partial charge in [-0.2, -0.15) is 0 Å². The predicted octanol–water partition coefficient (Wildman–Crippen LogP) is 0.909. The molecule has 78 valence electrons. The molecule has 1 aliphatic heterocycles. The summed E-state index contributed by atoms with van der Waals surface area (Å²) < 4.78 is 5.36. The van der Waals surface area contributed by atoms with Crippen molar-refractivity contribution in [3.8, 4) is 0 Å². The Morgan fingerprint density at radius 1 is 1.64 bits per heavy atom. The molecule has 1 aromatic heterocycles. The quantitative estimate of drug-likeness (QED) is 0.752. The Balaban J connectivity index is 2.22. The zero-order valence-electron chi connectivity index (χ0n) is 8.55. The van der Waals surface area contributed by atoms with Crippen molar-refractivity contribution in [2.24, 2.45) is 5.73 Å². The van der Waals surface area contributed by atoms with Crippen LogP contribution in [0.25, 0.3) is 0 Å². The molecule has 1 atom stereocenters. The molecule has 0 saturated carbocycles. The maximum absolute atomic E-state index is 5.57. The number of aromatic nitrogens is 1. The van der Waals surface area contributed by atoms with E-state index in [0.29, 0.717) is 12.6 Å². The number of rotatable bonds is 3. The van der Waals surface area contributed by atoms with Gasteiger partial charge in [0.05, 0.1) is 11.7 Å². The van der Waals surface area contributed by atoms with Gasteiger partial charge < -0.3 is 15.6 Å². The number of nitrogens with two attached hydrogens (primary N) is 1. The lowest BCUT2D eigenvalue weighted by Crippen LogP contribution is -2.15. The smallest absolute Gasteiger partial charge is 0.157 e. The highest BCUT2D eigenvalue weighted by Gasteiger charge is 2.24. The normalized spacial score (nSPS) is 21.7. The minimum Gasteiger partial charge on any atom is -0.359 e. The van der Waals surface area contributed by atoms with Gasteiger partial charge in [-0.15, -0.1) is 0 Å². The highest BCUT2D eigenvalue weighted by Crippen LogP contribution is 2.27. The van der Waals surface area contributed by atoms with Crippen molar-refractivity contribution in [3.05, 3.63) is 17.0 Å². The van der Waals surface area contributed by atoms with Crippen molar-refractivity contribution in [2.75, 3.05) is 13.1 Å². The SMILES string of the molecule is Cc1noc(C2CCCN2)c1CCN. The highest BCUT2D eigenvalue weighted by atomic mass is 16.5. The fraction of sp³-hybridized carbons (Fsp3) is 0.700. The van der Waals surface area contributed by atoms with E-state index in [0.717, 1.165) is 30.8 Å². The first-order valence-electron chi connectivity index (χ1n) is 5.21. The first-order valence-corrected chi connectivity index (χ1v) is 5.21. The fourth-order valence-corrected chi connectivity index (χ4v) is 2.04. The van der Waals surface area contributed by atoms with Crippen LogP contribution >= 0.6 is 0 Å². The van der Waals surface area contributed by atoms with Crippen molar-refractivity contribution < 1.29 is 4.52 Å². The first-order chi connectivity index (χ1) is 6.83. The van der Waals surface area contributed by atoms with Gasteiger partial charge in [0.2, 0.25) is 0 Å².